The number of carbonyl (C=O) groups excluding carboxylic acids is 1. The molecule has 0 fully saturated rings. The van der Waals surface area contributed by atoms with Crippen molar-refractivity contribution in [2.24, 2.45) is 0 Å². The minimum absolute atomic E-state index is 0.215. The van der Waals surface area contributed by atoms with Crippen molar-refractivity contribution in [1.29, 1.82) is 0 Å². The lowest BCUT2D eigenvalue weighted by Gasteiger charge is -2.15. The van der Waals surface area contributed by atoms with E-state index in [1.807, 2.05) is 19.1 Å². The van der Waals surface area contributed by atoms with Gasteiger partial charge in [0.15, 0.2) is 0 Å². The highest BCUT2D eigenvalue weighted by atomic mass is 35.5. The number of benzene rings is 2. The van der Waals surface area contributed by atoms with E-state index in [1.165, 1.54) is 6.07 Å². The zero-order valence-electron chi connectivity index (χ0n) is 13.5. The summed E-state index contributed by atoms with van der Waals surface area (Å²) in [6.07, 6.45) is 3.20. The minimum Gasteiger partial charge on any atom is -0.346 e. The summed E-state index contributed by atoms with van der Waals surface area (Å²) < 4.78 is 14.4. The first-order chi connectivity index (χ1) is 12.0. The topological polar surface area (TPSA) is 42.0 Å². The summed E-state index contributed by atoms with van der Waals surface area (Å²) in [6, 6.07) is 14.9. The van der Waals surface area contributed by atoms with Crippen molar-refractivity contribution in [3.63, 3.8) is 0 Å². The summed E-state index contributed by atoms with van der Waals surface area (Å²) in [5, 5.41) is 3.49. The van der Waals surface area contributed by atoms with E-state index in [1.54, 1.807) is 48.8 Å². The number of halogens is 2. The first kappa shape index (κ1) is 17.1. The fourth-order valence-electron chi connectivity index (χ4n) is 2.54. The monoisotopic (exact) mass is 354 g/mol. The van der Waals surface area contributed by atoms with Crippen LogP contribution in [0.5, 0.6) is 0 Å². The highest BCUT2D eigenvalue weighted by Gasteiger charge is 2.14. The summed E-state index contributed by atoms with van der Waals surface area (Å²) in [4.78, 5) is 16.3. The van der Waals surface area contributed by atoms with Crippen LogP contribution in [-0.4, -0.2) is 10.9 Å². The molecule has 3 rings (SSSR count). The SMILES string of the molecule is CC(NC(=O)c1ccc(-c2ccncc2)c(F)c1)c1ccc(Cl)cc1. The average Bonchev–Trinajstić information content (AvgIpc) is 2.62. The van der Waals surface area contributed by atoms with Crippen LogP contribution in [0, 0.1) is 5.82 Å². The molecule has 0 saturated carbocycles. The molecule has 0 saturated heterocycles. The molecule has 0 bridgehead atoms. The zero-order valence-corrected chi connectivity index (χ0v) is 14.3. The number of nitrogens with zero attached hydrogens (tertiary/aromatic N) is 1. The molecule has 25 heavy (non-hydrogen) atoms. The predicted octanol–water partition coefficient (Wildman–Crippen LogP) is 5.03. The van der Waals surface area contributed by atoms with E-state index in [2.05, 4.69) is 10.3 Å². The maximum atomic E-state index is 14.4. The maximum absolute atomic E-state index is 14.4. The summed E-state index contributed by atoms with van der Waals surface area (Å²) >= 11 is 5.87. The van der Waals surface area contributed by atoms with Crippen molar-refractivity contribution in [1.82, 2.24) is 10.3 Å². The highest BCUT2D eigenvalue weighted by Crippen LogP contribution is 2.23. The fourth-order valence-corrected chi connectivity index (χ4v) is 2.66. The lowest BCUT2D eigenvalue weighted by Crippen LogP contribution is -2.26. The van der Waals surface area contributed by atoms with Gasteiger partial charge in [-0.25, -0.2) is 4.39 Å². The van der Waals surface area contributed by atoms with Crippen molar-refractivity contribution < 1.29 is 9.18 Å². The first-order valence-electron chi connectivity index (χ1n) is 7.81. The van der Waals surface area contributed by atoms with Crippen LogP contribution in [0.2, 0.25) is 5.02 Å². The van der Waals surface area contributed by atoms with E-state index in [9.17, 15) is 9.18 Å². The summed E-state index contributed by atoms with van der Waals surface area (Å²) in [6.45, 7) is 1.86. The third-order valence-electron chi connectivity index (χ3n) is 3.94. The van der Waals surface area contributed by atoms with Gasteiger partial charge in [-0.3, -0.25) is 9.78 Å². The van der Waals surface area contributed by atoms with Crippen LogP contribution in [0.4, 0.5) is 4.39 Å². The van der Waals surface area contributed by atoms with Crippen molar-refractivity contribution in [2.75, 3.05) is 0 Å². The lowest BCUT2D eigenvalue weighted by molar-refractivity contribution is 0.0939. The number of hydrogen-bond acceptors (Lipinski definition) is 2. The standard InChI is InChI=1S/C20H16ClFN2O/c1-13(14-2-5-17(21)6-3-14)24-20(25)16-4-7-18(19(22)12-16)15-8-10-23-11-9-15/h2-13H,1H3,(H,24,25). The van der Waals surface area contributed by atoms with Crippen molar-refractivity contribution in [3.05, 3.63) is 89.0 Å². The smallest absolute Gasteiger partial charge is 0.251 e. The third kappa shape index (κ3) is 4.03. The second-order valence-corrected chi connectivity index (χ2v) is 6.11. The Morgan fingerprint density at radius 1 is 1.08 bits per heavy atom. The molecule has 1 amide bonds. The highest BCUT2D eigenvalue weighted by molar-refractivity contribution is 6.30. The van der Waals surface area contributed by atoms with E-state index in [-0.39, 0.29) is 17.5 Å². The van der Waals surface area contributed by atoms with Crippen molar-refractivity contribution in [2.45, 2.75) is 13.0 Å². The largest absolute Gasteiger partial charge is 0.346 e. The number of rotatable bonds is 4. The van der Waals surface area contributed by atoms with Gasteiger partial charge in [-0.2, -0.15) is 0 Å². The van der Waals surface area contributed by atoms with Gasteiger partial charge in [0, 0.05) is 28.5 Å². The minimum atomic E-state index is -0.446. The van der Waals surface area contributed by atoms with E-state index in [4.69, 9.17) is 11.6 Å². The van der Waals surface area contributed by atoms with E-state index >= 15 is 0 Å². The van der Waals surface area contributed by atoms with Gasteiger partial charge in [-0.1, -0.05) is 29.8 Å². The molecule has 1 N–H and O–H groups in total. The molecule has 5 heteroatoms. The van der Waals surface area contributed by atoms with Gasteiger partial charge in [-0.05, 0) is 54.4 Å². The summed E-state index contributed by atoms with van der Waals surface area (Å²) in [5.41, 5.74) is 2.35. The Morgan fingerprint density at radius 3 is 2.40 bits per heavy atom. The Labute approximate surface area is 150 Å². The van der Waals surface area contributed by atoms with E-state index in [0.717, 1.165) is 5.56 Å². The van der Waals surface area contributed by atoms with Crippen LogP contribution in [0.25, 0.3) is 11.1 Å². The van der Waals surface area contributed by atoms with Gasteiger partial charge in [0.05, 0.1) is 6.04 Å². The molecule has 3 aromatic rings. The summed E-state index contributed by atoms with van der Waals surface area (Å²) in [7, 11) is 0. The number of nitrogens with one attached hydrogen (secondary N) is 1. The Kier molecular flexibility index (Phi) is 5.10. The average molecular weight is 355 g/mol. The van der Waals surface area contributed by atoms with Crippen LogP contribution in [0.15, 0.2) is 67.0 Å². The third-order valence-corrected chi connectivity index (χ3v) is 4.19. The van der Waals surface area contributed by atoms with Gasteiger partial charge in [-0.15, -0.1) is 0 Å². The Balaban J connectivity index is 1.76. The molecular formula is C20H16ClFN2O. The second kappa shape index (κ2) is 7.45. The lowest BCUT2D eigenvalue weighted by atomic mass is 10.0. The van der Waals surface area contributed by atoms with Gasteiger partial charge in [0.1, 0.15) is 5.82 Å². The molecule has 0 aliphatic rings. The molecular weight excluding hydrogens is 339 g/mol. The second-order valence-electron chi connectivity index (χ2n) is 5.68. The molecule has 1 heterocycles. The van der Waals surface area contributed by atoms with Crippen LogP contribution in [0.3, 0.4) is 0 Å². The molecule has 1 unspecified atom stereocenters. The van der Waals surface area contributed by atoms with Gasteiger partial charge in [0.2, 0.25) is 0 Å². The van der Waals surface area contributed by atoms with E-state index in [0.29, 0.717) is 16.1 Å². The van der Waals surface area contributed by atoms with Gasteiger partial charge >= 0.3 is 0 Å². The zero-order chi connectivity index (χ0) is 17.8. The van der Waals surface area contributed by atoms with Crippen LogP contribution < -0.4 is 5.32 Å². The predicted molar refractivity (Wildman–Crippen MR) is 97.0 cm³/mol. The maximum Gasteiger partial charge on any atom is 0.251 e. The van der Waals surface area contributed by atoms with E-state index < -0.39 is 5.82 Å². The summed E-state index contributed by atoms with van der Waals surface area (Å²) in [5.74, 6) is -0.777. The Bertz CT molecular complexity index is 882. The van der Waals surface area contributed by atoms with Crippen LogP contribution in [-0.2, 0) is 0 Å². The number of aromatic nitrogens is 1. The van der Waals surface area contributed by atoms with Crippen LogP contribution >= 0.6 is 11.6 Å². The number of amides is 1. The Morgan fingerprint density at radius 2 is 1.76 bits per heavy atom. The normalized spacial score (nSPS) is 11.8. The van der Waals surface area contributed by atoms with Gasteiger partial charge in [0.25, 0.3) is 5.91 Å². The molecule has 0 aliphatic heterocycles. The first-order valence-corrected chi connectivity index (χ1v) is 8.18. The van der Waals surface area contributed by atoms with Crippen molar-refractivity contribution >= 4 is 17.5 Å². The van der Waals surface area contributed by atoms with Crippen LogP contribution in [0.1, 0.15) is 28.9 Å². The molecule has 0 spiro atoms. The molecule has 2 aromatic carbocycles. The molecule has 0 radical (unpaired) electrons. The quantitative estimate of drug-likeness (QED) is 0.713. The Hall–Kier alpha value is -2.72. The number of pyridine rings is 1. The molecule has 1 atom stereocenters. The molecule has 0 aliphatic carbocycles. The molecule has 1 aromatic heterocycles. The van der Waals surface area contributed by atoms with Gasteiger partial charge < -0.3 is 5.32 Å². The number of hydrogen-bond donors (Lipinski definition) is 1. The molecule has 126 valence electrons. The van der Waals surface area contributed by atoms with Crippen molar-refractivity contribution in [3.8, 4) is 11.1 Å². The molecule has 3 nitrogen and oxygen atoms in total. The fraction of sp³-hybridized carbons (Fsp3) is 0.100. The number of carbonyl (C=O) groups is 1.